The second-order valence-corrected chi connectivity index (χ2v) is 8.76. The molecule has 0 spiro atoms. The van der Waals surface area contributed by atoms with Crippen molar-refractivity contribution in [3.8, 4) is 11.5 Å². The van der Waals surface area contributed by atoms with Gasteiger partial charge in [-0.25, -0.2) is 0 Å². The van der Waals surface area contributed by atoms with Crippen molar-refractivity contribution in [3.63, 3.8) is 0 Å². The number of esters is 1. The molecule has 2 rings (SSSR count). The van der Waals surface area contributed by atoms with Crippen molar-refractivity contribution < 1.29 is 24.2 Å². The molecule has 6 nitrogen and oxygen atoms in total. The lowest BCUT2D eigenvalue weighted by Gasteiger charge is -2.14. The highest BCUT2D eigenvalue weighted by atomic mass is 79.9. The van der Waals surface area contributed by atoms with Crippen LogP contribution in [0, 0.1) is 0 Å². The molecule has 1 aromatic carbocycles. The summed E-state index contributed by atoms with van der Waals surface area (Å²) in [5.41, 5.74) is 0.730. The quantitative estimate of drug-likeness (QED) is 0.212. The third-order valence-corrected chi connectivity index (χ3v) is 6.07. The zero-order chi connectivity index (χ0) is 21.4. The molecule has 158 valence electrons. The molecule has 0 radical (unpaired) electrons. The topological polar surface area (TPSA) is 76.1 Å². The summed E-state index contributed by atoms with van der Waals surface area (Å²) in [6, 6.07) is 3.41. The van der Waals surface area contributed by atoms with E-state index >= 15 is 0 Å². The van der Waals surface area contributed by atoms with E-state index in [1.807, 2.05) is 6.92 Å². The van der Waals surface area contributed by atoms with Crippen molar-refractivity contribution in [2.24, 2.45) is 0 Å². The van der Waals surface area contributed by atoms with Crippen molar-refractivity contribution >= 4 is 62.2 Å². The van der Waals surface area contributed by atoms with E-state index in [0.29, 0.717) is 45.6 Å². The van der Waals surface area contributed by atoms with Crippen LogP contribution in [0.2, 0.25) is 0 Å². The van der Waals surface area contributed by atoms with Crippen LogP contribution in [0.3, 0.4) is 0 Å². The van der Waals surface area contributed by atoms with E-state index in [9.17, 15) is 14.7 Å². The number of carbonyl (C=O) groups excluding carboxylic acids is 2. The number of hydrogen-bond acceptors (Lipinski definition) is 7. The fraction of sp³-hybridized carbons (Fsp3) is 0.450. The van der Waals surface area contributed by atoms with Crippen LogP contribution in [-0.4, -0.2) is 46.0 Å². The number of carbonyl (C=O) groups is 2. The number of aromatic hydroxyl groups is 1. The van der Waals surface area contributed by atoms with Gasteiger partial charge in [0, 0.05) is 13.0 Å². The van der Waals surface area contributed by atoms with Gasteiger partial charge in [-0.15, -0.1) is 0 Å². The number of phenols is 1. The maximum Gasteiger partial charge on any atom is 0.305 e. The van der Waals surface area contributed by atoms with Gasteiger partial charge in [-0.3, -0.25) is 14.5 Å². The average molecular weight is 502 g/mol. The highest BCUT2D eigenvalue weighted by Gasteiger charge is 2.31. The molecule has 0 aliphatic carbocycles. The molecule has 0 unspecified atom stereocenters. The van der Waals surface area contributed by atoms with Gasteiger partial charge in [0.2, 0.25) is 0 Å². The third kappa shape index (κ3) is 6.72. The van der Waals surface area contributed by atoms with Crippen molar-refractivity contribution in [1.29, 1.82) is 0 Å². The van der Waals surface area contributed by atoms with Crippen molar-refractivity contribution in [2.75, 3.05) is 19.8 Å². The van der Waals surface area contributed by atoms with Crippen LogP contribution in [0.25, 0.3) is 6.08 Å². The van der Waals surface area contributed by atoms with Gasteiger partial charge in [-0.1, -0.05) is 30.4 Å². The number of halogens is 1. The monoisotopic (exact) mass is 501 g/mol. The second-order valence-electron chi connectivity index (χ2n) is 6.23. The van der Waals surface area contributed by atoms with E-state index < -0.39 is 0 Å². The predicted molar refractivity (Wildman–Crippen MR) is 122 cm³/mol. The van der Waals surface area contributed by atoms with E-state index in [0.717, 1.165) is 24.8 Å². The van der Waals surface area contributed by atoms with E-state index in [1.165, 1.54) is 11.8 Å². The van der Waals surface area contributed by atoms with Crippen molar-refractivity contribution in [2.45, 2.75) is 39.5 Å². The minimum absolute atomic E-state index is 0.0272. The summed E-state index contributed by atoms with van der Waals surface area (Å²) < 4.78 is 11.3. The number of benzene rings is 1. The third-order valence-electron chi connectivity index (χ3n) is 4.09. The summed E-state index contributed by atoms with van der Waals surface area (Å²) >= 11 is 9.92. The van der Waals surface area contributed by atoms with Gasteiger partial charge in [0.15, 0.2) is 11.5 Å². The minimum Gasteiger partial charge on any atom is -0.503 e. The Morgan fingerprint density at radius 3 is 2.72 bits per heavy atom. The molecule has 1 aliphatic heterocycles. The Balaban J connectivity index is 1.97. The van der Waals surface area contributed by atoms with Crippen LogP contribution in [0.15, 0.2) is 21.5 Å². The summed E-state index contributed by atoms with van der Waals surface area (Å²) in [5.74, 6) is 0.0599. The number of phenolic OH excluding ortho intramolecular Hbond substituents is 1. The molecule has 1 aliphatic rings. The summed E-state index contributed by atoms with van der Waals surface area (Å²) in [7, 11) is 0. The number of thioether (sulfide) groups is 1. The molecule has 0 bridgehead atoms. The number of nitrogens with zero attached hydrogens (tertiary/aromatic N) is 1. The van der Waals surface area contributed by atoms with Crippen LogP contribution in [-0.2, 0) is 14.3 Å². The Labute approximate surface area is 188 Å². The fourth-order valence-electron chi connectivity index (χ4n) is 2.74. The summed E-state index contributed by atoms with van der Waals surface area (Å²) in [4.78, 5) is 26.2. The molecule has 0 saturated carbocycles. The molecule has 1 amide bonds. The van der Waals surface area contributed by atoms with Gasteiger partial charge >= 0.3 is 5.97 Å². The SMILES string of the molecule is CCOC(=O)CCCCCN1C(=O)/C(=C/c2cc(Br)c(O)c(OCC)c2)SC1=S. The van der Waals surface area contributed by atoms with Crippen molar-refractivity contribution in [3.05, 3.63) is 27.1 Å². The van der Waals surface area contributed by atoms with Gasteiger partial charge in [-0.05, 0) is 66.4 Å². The number of rotatable bonds is 10. The van der Waals surface area contributed by atoms with Gasteiger partial charge in [0.05, 0.1) is 22.6 Å². The van der Waals surface area contributed by atoms with Gasteiger partial charge in [0.25, 0.3) is 5.91 Å². The normalized spacial score (nSPS) is 15.3. The Morgan fingerprint density at radius 1 is 1.28 bits per heavy atom. The second kappa shape index (κ2) is 11.6. The largest absolute Gasteiger partial charge is 0.503 e. The van der Waals surface area contributed by atoms with Crippen LogP contribution in [0.1, 0.15) is 45.1 Å². The Hall–Kier alpha value is -1.58. The predicted octanol–water partition coefficient (Wildman–Crippen LogP) is 4.88. The Morgan fingerprint density at radius 2 is 2.03 bits per heavy atom. The van der Waals surface area contributed by atoms with Crippen LogP contribution in [0.5, 0.6) is 11.5 Å². The Kier molecular flexibility index (Phi) is 9.45. The van der Waals surface area contributed by atoms with E-state index in [4.69, 9.17) is 21.7 Å². The highest BCUT2D eigenvalue weighted by Crippen LogP contribution is 2.38. The Bertz CT molecular complexity index is 812. The molecule has 1 saturated heterocycles. The average Bonchev–Trinajstić information content (AvgIpc) is 2.93. The minimum atomic E-state index is -0.187. The van der Waals surface area contributed by atoms with Gasteiger partial charge in [-0.2, -0.15) is 0 Å². The lowest BCUT2D eigenvalue weighted by Crippen LogP contribution is -2.29. The van der Waals surface area contributed by atoms with E-state index in [1.54, 1.807) is 30.0 Å². The van der Waals surface area contributed by atoms with Crippen molar-refractivity contribution in [1.82, 2.24) is 4.90 Å². The van der Waals surface area contributed by atoms with Crippen LogP contribution < -0.4 is 4.74 Å². The van der Waals surface area contributed by atoms with Crippen LogP contribution >= 0.6 is 39.9 Å². The first-order valence-electron chi connectivity index (χ1n) is 9.43. The first-order chi connectivity index (χ1) is 13.9. The standard InChI is InChI=1S/C20H24BrNO5S2/c1-3-26-15-11-13(10-14(21)18(15)24)12-16-19(25)22(20(28)29-16)9-7-5-6-8-17(23)27-4-2/h10-12,24H,3-9H2,1-2H3/b16-12-. The number of hydrogen-bond donors (Lipinski definition) is 1. The molecule has 1 heterocycles. The smallest absolute Gasteiger partial charge is 0.305 e. The first kappa shape index (κ1) is 23.7. The molecule has 1 fully saturated rings. The zero-order valence-electron chi connectivity index (χ0n) is 16.4. The molecule has 0 atom stereocenters. The molecule has 0 aromatic heterocycles. The summed E-state index contributed by atoms with van der Waals surface area (Å²) in [6.07, 6.45) is 4.44. The maximum absolute atomic E-state index is 12.7. The summed E-state index contributed by atoms with van der Waals surface area (Å²) in [6.45, 7) is 4.95. The first-order valence-corrected chi connectivity index (χ1v) is 11.4. The zero-order valence-corrected chi connectivity index (χ0v) is 19.6. The molecule has 1 N–H and O–H groups in total. The number of amides is 1. The molecular weight excluding hydrogens is 478 g/mol. The number of unbranched alkanes of at least 4 members (excludes halogenated alkanes) is 2. The summed E-state index contributed by atoms with van der Waals surface area (Å²) in [5, 5.41) is 10.0. The van der Waals surface area contributed by atoms with Crippen LogP contribution in [0.4, 0.5) is 0 Å². The fourth-order valence-corrected chi connectivity index (χ4v) is 4.50. The maximum atomic E-state index is 12.7. The molecule has 29 heavy (non-hydrogen) atoms. The van der Waals surface area contributed by atoms with E-state index in [2.05, 4.69) is 15.9 Å². The molecule has 9 heteroatoms. The number of ether oxygens (including phenoxy) is 2. The van der Waals surface area contributed by atoms with Gasteiger partial charge in [0.1, 0.15) is 4.32 Å². The molecule has 1 aromatic rings. The van der Waals surface area contributed by atoms with E-state index in [-0.39, 0.29) is 17.6 Å². The number of thiocarbonyl (C=S) groups is 1. The molecular formula is C20H24BrNO5S2. The highest BCUT2D eigenvalue weighted by molar-refractivity contribution is 9.10. The van der Waals surface area contributed by atoms with Gasteiger partial charge < -0.3 is 14.6 Å². The lowest BCUT2D eigenvalue weighted by molar-refractivity contribution is -0.143. The lowest BCUT2D eigenvalue weighted by atomic mass is 10.1.